The van der Waals surface area contributed by atoms with Gasteiger partial charge in [-0.15, -0.1) is 0 Å². The molecule has 1 unspecified atom stereocenters. The number of benzene rings is 1. The molecule has 1 N–H and O–H groups in total. The Morgan fingerprint density at radius 3 is 3.14 bits per heavy atom. The summed E-state index contributed by atoms with van der Waals surface area (Å²) >= 11 is 0. The number of rotatable bonds is 2. The van der Waals surface area contributed by atoms with Gasteiger partial charge in [0.2, 0.25) is 0 Å². The van der Waals surface area contributed by atoms with Gasteiger partial charge in [-0.1, -0.05) is 11.6 Å². The fourth-order valence-corrected chi connectivity index (χ4v) is 2.96. The predicted octanol–water partition coefficient (Wildman–Crippen LogP) is 2.56. The predicted molar refractivity (Wildman–Crippen MR) is 82.2 cm³/mol. The van der Waals surface area contributed by atoms with Crippen LogP contribution in [0.25, 0.3) is 10.9 Å². The Morgan fingerprint density at radius 1 is 1.24 bits per heavy atom. The second-order valence-electron chi connectivity index (χ2n) is 5.62. The van der Waals surface area contributed by atoms with Crippen LogP contribution in [0.5, 0.6) is 0 Å². The van der Waals surface area contributed by atoms with Gasteiger partial charge in [0.05, 0.1) is 5.52 Å². The molecule has 0 amide bonds. The van der Waals surface area contributed by atoms with Crippen molar-refractivity contribution in [2.45, 2.75) is 32.4 Å². The first-order valence-electron chi connectivity index (χ1n) is 7.27. The van der Waals surface area contributed by atoms with Gasteiger partial charge < -0.3 is 9.88 Å². The average Bonchev–Trinajstić information content (AvgIpc) is 2.95. The van der Waals surface area contributed by atoms with Crippen LogP contribution < -0.4 is 5.32 Å². The zero-order valence-corrected chi connectivity index (χ0v) is 12.0. The number of aromatic nitrogens is 4. The van der Waals surface area contributed by atoms with Gasteiger partial charge in [0.1, 0.15) is 18.0 Å². The number of imidazole rings is 1. The normalized spacial score (nSPS) is 17.7. The number of hydrogen-bond acceptors (Lipinski definition) is 4. The van der Waals surface area contributed by atoms with E-state index in [1.165, 1.54) is 11.4 Å². The maximum absolute atomic E-state index is 4.44. The lowest BCUT2D eigenvalue weighted by Crippen LogP contribution is -2.31. The van der Waals surface area contributed by atoms with E-state index in [1.54, 1.807) is 6.33 Å². The van der Waals surface area contributed by atoms with E-state index in [0.717, 1.165) is 36.1 Å². The fraction of sp³-hybridized carbons (Fsp3) is 0.312. The first-order chi connectivity index (χ1) is 10.3. The molecule has 0 saturated heterocycles. The summed E-state index contributed by atoms with van der Waals surface area (Å²) in [5.74, 6) is 2.11. The van der Waals surface area contributed by atoms with Crippen LogP contribution in [0.3, 0.4) is 0 Å². The average molecular weight is 279 g/mol. The van der Waals surface area contributed by atoms with E-state index in [2.05, 4.69) is 43.9 Å². The monoisotopic (exact) mass is 279 g/mol. The second-order valence-corrected chi connectivity index (χ2v) is 5.62. The smallest absolute Gasteiger partial charge is 0.137 e. The molecule has 1 aliphatic rings. The Bertz CT molecular complexity index is 792. The Kier molecular flexibility index (Phi) is 2.84. The molecule has 106 valence electrons. The summed E-state index contributed by atoms with van der Waals surface area (Å²) in [6.45, 7) is 3.03. The Labute approximate surface area is 123 Å². The van der Waals surface area contributed by atoms with E-state index < -0.39 is 0 Å². The van der Waals surface area contributed by atoms with E-state index in [-0.39, 0.29) is 0 Å². The van der Waals surface area contributed by atoms with Crippen LogP contribution in [-0.2, 0) is 13.0 Å². The molecular weight excluding hydrogens is 262 g/mol. The van der Waals surface area contributed by atoms with Gasteiger partial charge in [0.15, 0.2) is 0 Å². The van der Waals surface area contributed by atoms with Crippen LogP contribution >= 0.6 is 0 Å². The zero-order valence-electron chi connectivity index (χ0n) is 12.0. The molecular formula is C16H17N5. The Balaban J connectivity index is 1.64. The molecule has 0 saturated carbocycles. The van der Waals surface area contributed by atoms with Crippen LogP contribution in [0, 0.1) is 6.92 Å². The van der Waals surface area contributed by atoms with Crippen molar-refractivity contribution in [2.24, 2.45) is 0 Å². The minimum atomic E-state index is 0.380. The van der Waals surface area contributed by atoms with E-state index in [0.29, 0.717) is 6.04 Å². The number of fused-ring (bicyclic) bond motifs is 2. The molecule has 1 aliphatic heterocycles. The molecule has 1 atom stereocenters. The van der Waals surface area contributed by atoms with Crippen molar-refractivity contribution in [3.05, 3.63) is 48.3 Å². The number of hydrogen-bond donors (Lipinski definition) is 1. The summed E-state index contributed by atoms with van der Waals surface area (Å²) in [4.78, 5) is 13.1. The molecule has 0 fully saturated rings. The fourth-order valence-electron chi connectivity index (χ4n) is 2.96. The highest BCUT2D eigenvalue weighted by Gasteiger charge is 2.19. The quantitative estimate of drug-likeness (QED) is 0.783. The van der Waals surface area contributed by atoms with Gasteiger partial charge in [-0.25, -0.2) is 15.0 Å². The van der Waals surface area contributed by atoms with Crippen molar-refractivity contribution in [3.63, 3.8) is 0 Å². The zero-order chi connectivity index (χ0) is 14.2. The lowest BCUT2D eigenvalue weighted by Gasteiger charge is -2.25. The molecule has 5 nitrogen and oxygen atoms in total. The molecule has 4 rings (SSSR count). The van der Waals surface area contributed by atoms with Crippen LogP contribution in [0.2, 0.25) is 0 Å². The van der Waals surface area contributed by atoms with Crippen LogP contribution in [0.1, 0.15) is 17.8 Å². The summed E-state index contributed by atoms with van der Waals surface area (Å²) in [6.07, 6.45) is 7.64. The summed E-state index contributed by atoms with van der Waals surface area (Å²) < 4.78 is 2.22. The highest BCUT2D eigenvalue weighted by molar-refractivity contribution is 5.89. The van der Waals surface area contributed by atoms with Gasteiger partial charge in [-0.3, -0.25) is 0 Å². The van der Waals surface area contributed by atoms with Crippen LogP contribution in [0.4, 0.5) is 5.82 Å². The first-order valence-corrected chi connectivity index (χ1v) is 7.27. The SMILES string of the molecule is Cc1ccc2ncnc(NC3CCc4nccn4C3)c2c1. The van der Waals surface area contributed by atoms with Crippen LogP contribution in [-0.4, -0.2) is 25.6 Å². The largest absolute Gasteiger partial charge is 0.365 e. The summed E-state index contributed by atoms with van der Waals surface area (Å²) in [5.41, 5.74) is 2.21. The van der Waals surface area contributed by atoms with Crippen molar-refractivity contribution in [1.29, 1.82) is 0 Å². The number of nitrogens with zero attached hydrogens (tertiary/aromatic N) is 4. The number of nitrogens with one attached hydrogen (secondary N) is 1. The van der Waals surface area contributed by atoms with Crippen molar-refractivity contribution in [3.8, 4) is 0 Å². The maximum Gasteiger partial charge on any atom is 0.137 e. The molecule has 0 spiro atoms. The highest BCUT2D eigenvalue weighted by Crippen LogP contribution is 2.23. The van der Waals surface area contributed by atoms with E-state index in [1.807, 2.05) is 18.5 Å². The van der Waals surface area contributed by atoms with Gasteiger partial charge in [-0.2, -0.15) is 0 Å². The first kappa shape index (κ1) is 12.3. The highest BCUT2D eigenvalue weighted by atomic mass is 15.1. The molecule has 1 aromatic carbocycles. The van der Waals surface area contributed by atoms with E-state index in [9.17, 15) is 0 Å². The van der Waals surface area contributed by atoms with Crippen LogP contribution in [0.15, 0.2) is 36.9 Å². The van der Waals surface area contributed by atoms with Gasteiger partial charge >= 0.3 is 0 Å². The summed E-state index contributed by atoms with van der Waals surface area (Å²) in [7, 11) is 0. The third kappa shape index (κ3) is 2.24. The molecule has 0 aliphatic carbocycles. The molecule has 0 radical (unpaired) electrons. The van der Waals surface area contributed by atoms with E-state index >= 15 is 0 Å². The topological polar surface area (TPSA) is 55.6 Å². The Morgan fingerprint density at radius 2 is 2.19 bits per heavy atom. The third-order valence-corrected chi connectivity index (χ3v) is 4.07. The van der Waals surface area contributed by atoms with Gasteiger partial charge in [0.25, 0.3) is 0 Å². The lowest BCUT2D eigenvalue weighted by atomic mass is 10.1. The minimum absolute atomic E-state index is 0.380. The van der Waals surface area contributed by atoms with Gasteiger partial charge in [0, 0.05) is 36.8 Å². The number of aryl methyl sites for hydroxylation is 2. The summed E-state index contributed by atoms with van der Waals surface area (Å²) in [5, 5.41) is 4.67. The van der Waals surface area contributed by atoms with Crippen molar-refractivity contribution in [1.82, 2.24) is 19.5 Å². The molecule has 5 heteroatoms. The van der Waals surface area contributed by atoms with Crippen molar-refractivity contribution < 1.29 is 0 Å². The van der Waals surface area contributed by atoms with Crippen molar-refractivity contribution in [2.75, 3.05) is 5.32 Å². The van der Waals surface area contributed by atoms with Gasteiger partial charge in [-0.05, 0) is 25.5 Å². The molecule has 2 aromatic heterocycles. The third-order valence-electron chi connectivity index (χ3n) is 4.07. The maximum atomic E-state index is 4.44. The van der Waals surface area contributed by atoms with Crippen molar-refractivity contribution >= 4 is 16.7 Å². The molecule has 0 bridgehead atoms. The standard InChI is InChI=1S/C16H17N5/c1-11-2-4-14-13(8-11)16(19-10-18-14)20-12-3-5-15-17-6-7-21(15)9-12/h2,4,6-8,10,12H,3,5,9H2,1H3,(H,18,19,20). The molecule has 21 heavy (non-hydrogen) atoms. The lowest BCUT2D eigenvalue weighted by molar-refractivity contribution is 0.476. The Hall–Kier alpha value is -2.43. The summed E-state index contributed by atoms with van der Waals surface area (Å²) in [6, 6.07) is 6.65. The molecule has 3 heterocycles. The van der Waals surface area contributed by atoms with E-state index in [4.69, 9.17) is 0 Å². The number of anilines is 1. The second kappa shape index (κ2) is 4.84. The minimum Gasteiger partial charge on any atom is -0.365 e. The molecule has 3 aromatic rings.